The van der Waals surface area contributed by atoms with Crippen molar-refractivity contribution in [1.29, 1.82) is 5.26 Å². The van der Waals surface area contributed by atoms with Crippen LogP contribution < -0.4 is 0 Å². The van der Waals surface area contributed by atoms with Crippen LogP contribution >= 0.6 is 27.7 Å². The fourth-order valence-electron chi connectivity index (χ4n) is 1.11. The van der Waals surface area contributed by atoms with Crippen LogP contribution in [0.25, 0.3) is 11.5 Å². The summed E-state index contributed by atoms with van der Waals surface area (Å²) in [4.78, 5) is 0. The van der Waals surface area contributed by atoms with Crippen LogP contribution in [0.1, 0.15) is 0 Å². The molecule has 1 heterocycles. The molecule has 0 aliphatic heterocycles. The molecule has 0 N–H and O–H groups in total. The first kappa shape index (κ1) is 11.2. The molecule has 80 valence electrons. The summed E-state index contributed by atoms with van der Waals surface area (Å²) in [7, 11) is 0. The van der Waals surface area contributed by atoms with Gasteiger partial charge in [0, 0.05) is 4.47 Å². The number of nitriles is 1. The predicted octanol–water partition coefficient (Wildman–Crippen LogP) is 3.11. The molecular formula is C10H6BrN3OS. The second kappa shape index (κ2) is 5.14. The van der Waals surface area contributed by atoms with Crippen molar-refractivity contribution < 1.29 is 4.42 Å². The zero-order valence-corrected chi connectivity index (χ0v) is 10.5. The Labute approximate surface area is 105 Å². The molecule has 0 aliphatic carbocycles. The third kappa shape index (κ3) is 2.43. The van der Waals surface area contributed by atoms with Crippen LogP contribution in [0, 0.1) is 11.3 Å². The number of thioether (sulfide) groups is 1. The molecule has 0 bridgehead atoms. The maximum atomic E-state index is 8.43. The van der Waals surface area contributed by atoms with Crippen molar-refractivity contribution in [2.75, 3.05) is 5.75 Å². The van der Waals surface area contributed by atoms with E-state index in [0.717, 1.165) is 10.0 Å². The minimum atomic E-state index is 0.303. The van der Waals surface area contributed by atoms with Crippen molar-refractivity contribution in [3.8, 4) is 17.5 Å². The van der Waals surface area contributed by atoms with E-state index in [1.54, 1.807) is 0 Å². The smallest absolute Gasteiger partial charge is 0.277 e. The minimum absolute atomic E-state index is 0.303. The first-order valence-electron chi connectivity index (χ1n) is 4.39. The molecule has 16 heavy (non-hydrogen) atoms. The second-order valence-corrected chi connectivity index (χ2v) is 4.58. The summed E-state index contributed by atoms with van der Waals surface area (Å²) in [5, 5.41) is 16.6. The molecule has 1 aromatic heterocycles. The molecule has 0 saturated heterocycles. The van der Waals surface area contributed by atoms with Gasteiger partial charge in [0.1, 0.15) is 0 Å². The molecule has 0 radical (unpaired) electrons. The van der Waals surface area contributed by atoms with Crippen LogP contribution in [-0.4, -0.2) is 16.0 Å². The number of halogens is 1. The fraction of sp³-hybridized carbons (Fsp3) is 0.100. The summed E-state index contributed by atoms with van der Waals surface area (Å²) in [6.45, 7) is 0. The third-order valence-corrected chi connectivity index (χ3v) is 3.15. The Balaban J connectivity index is 2.26. The Morgan fingerprint density at radius 1 is 1.38 bits per heavy atom. The number of hydrogen-bond donors (Lipinski definition) is 0. The van der Waals surface area contributed by atoms with Gasteiger partial charge in [-0.15, -0.1) is 10.2 Å². The minimum Gasteiger partial charge on any atom is -0.411 e. The summed E-state index contributed by atoms with van der Waals surface area (Å²) in [6, 6.07) is 9.60. The number of benzene rings is 1. The molecule has 2 aromatic rings. The highest BCUT2D eigenvalue weighted by Gasteiger charge is 2.10. The van der Waals surface area contributed by atoms with E-state index in [0.29, 0.717) is 16.9 Å². The third-order valence-electron chi connectivity index (χ3n) is 1.77. The highest BCUT2D eigenvalue weighted by Crippen LogP contribution is 2.28. The van der Waals surface area contributed by atoms with Crippen molar-refractivity contribution >= 4 is 27.7 Å². The largest absolute Gasteiger partial charge is 0.411 e. The first-order chi connectivity index (χ1) is 7.81. The summed E-state index contributed by atoms with van der Waals surface area (Å²) >= 11 is 4.63. The number of nitrogens with zero attached hydrogens (tertiary/aromatic N) is 3. The van der Waals surface area contributed by atoms with Gasteiger partial charge in [-0.3, -0.25) is 0 Å². The van der Waals surface area contributed by atoms with Crippen LogP contribution in [0.15, 0.2) is 38.4 Å². The van der Waals surface area contributed by atoms with Crippen LogP contribution in [0.5, 0.6) is 0 Å². The van der Waals surface area contributed by atoms with Gasteiger partial charge in [0.25, 0.3) is 5.22 Å². The Hall–Kier alpha value is -1.32. The lowest BCUT2D eigenvalue weighted by molar-refractivity contribution is 0.466. The Morgan fingerprint density at radius 2 is 2.19 bits per heavy atom. The van der Waals surface area contributed by atoms with Gasteiger partial charge in [0.15, 0.2) is 0 Å². The molecule has 0 atom stereocenters. The predicted molar refractivity (Wildman–Crippen MR) is 63.8 cm³/mol. The SMILES string of the molecule is N#CCSc1nnc(-c2ccccc2Br)o1. The first-order valence-corrected chi connectivity index (χ1v) is 6.17. The molecule has 0 unspecified atom stereocenters. The molecule has 1 aromatic carbocycles. The molecule has 2 rings (SSSR count). The van der Waals surface area contributed by atoms with Gasteiger partial charge in [0.05, 0.1) is 17.4 Å². The van der Waals surface area contributed by atoms with E-state index in [9.17, 15) is 0 Å². The van der Waals surface area contributed by atoms with Gasteiger partial charge >= 0.3 is 0 Å². The van der Waals surface area contributed by atoms with Crippen LogP contribution in [0.4, 0.5) is 0 Å². The highest BCUT2D eigenvalue weighted by atomic mass is 79.9. The average molecular weight is 296 g/mol. The number of rotatable bonds is 3. The van der Waals surface area contributed by atoms with Crippen LogP contribution in [0.3, 0.4) is 0 Å². The fourth-order valence-corrected chi connectivity index (χ4v) is 1.98. The number of hydrogen-bond acceptors (Lipinski definition) is 5. The van der Waals surface area contributed by atoms with E-state index >= 15 is 0 Å². The van der Waals surface area contributed by atoms with Crippen molar-refractivity contribution in [2.24, 2.45) is 0 Å². The Kier molecular flexibility index (Phi) is 3.59. The average Bonchev–Trinajstić information content (AvgIpc) is 2.75. The maximum Gasteiger partial charge on any atom is 0.277 e. The van der Waals surface area contributed by atoms with E-state index in [2.05, 4.69) is 26.1 Å². The van der Waals surface area contributed by atoms with E-state index in [1.165, 1.54) is 11.8 Å². The van der Waals surface area contributed by atoms with Crippen molar-refractivity contribution in [2.45, 2.75) is 5.22 Å². The Bertz CT molecular complexity index is 535. The van der Waals surface area contributed by atoms with Crippen molar-refractivity contribution in [3.63, 3.8) is 0 Å². The molecule has 0 aliphatic rings. The Morgan fingerprint density at radius 3 is 2.94 bits per heavy atom. The lowest BCUT2D eigenvalue weighted by Crippen LogP contribution is -1.78. The molecule has 0 amide bonds. The topological polar surface area (TPSA) is 62.7 Å². The number of aromatic nitrogens is 2. The summed E-state index contributed by atoms with van der Waals surface area (Å²) in [5.41, 5.74) is 0.846. The lowest BCUT2D eigenvalue weighted by atomic mass is 10.2. The maximum absolute atomic E-state index is 8.43. The van der Waals surface area contributed by atoms with Gasteiger partial charge in [-0.05, 0) is 28.1 Å². The second-order valence-electron chi connectivity index (χ2n) is 2.80. The standard InChI is InChI=1S/C10H6BrN3OS/c11-8-4-2-1-3-7(8)9-13-14-10(15-9)16-6-5-12/h1-4H,6H2. The van der Waals surface area contributed by atoms with E-state index in [1.807, 2.05) is 30.3 Å². The van der Waals surface area contributed by atoms with Crippen LogP contribution in [-0.2, 0) is 0 Å². The normalized spacial score (nSPS) is 10.0. The molecule has 4 nitrogen and oxygen atoms in total. The monoisotopic (exact) mass is 295 g/mol. The lowest BCUT2D eigenvalue weighted by Gasteiger charge is -1.96. The molecule has 0 spiro atoms. The zero-order valence-electron chi connectivity index (χ0n) is 8.05. The van der Waals surface area contributed by atoms with Crippen LogP contribution in [0.2, 0.25) is 0 Å². The van der Waals surface area contributed by atoms with Gasteiger partial charge in [-0.1, -0.05) is 23.9 Å². The summed E-state index contributed by atoms with van der Waals surface area (Å²) in [6.07, 6.45) is 0. The van der Waals surface area contributed by atoms with E-state index in [-0.39, 0.29) is 0 Å². The zero-order chi connectivity index (χ0) is 11.4. The van der Waals surface area contributed by atoms with Gasteiger partial charge < -0.3 is 4.42 Å². The van der Waals surface area contributed by atoms with Crippen molar-refractivity contribution in [1.82, 2.24) is 10.2 Å². The highest BCUT2D eigenvalue weighted by molar-refractivity contribution is 9.10. The molecule has 0 fully saturated rings. The quantitative estimate of drug-likeness (QED) is 0.814. The van der Waals surface area contributed by atoms with E-state index in [4.69, 9.17) is 9.68 Å². The summed E-state index contributed by atoms with van der Waals surface area (Å²) in [5.74, 6) is 0.755. The summed E-state index contributed by atoms with van der Waals surface area (Å²) < 4.78 is 6.31. The molecule has 0 saturated carbocycles. The van der Waals surface area contributed by atoms with Gasteiger partial charge in [-0.25, -0.2) is 0 Å². The van der Waals surface area contributed by atoms with Gasteiger partial charge in [0.2, 0.25) is 5.89 Å². The molecular weight excluding hydrogens is 290 g/mol. The van der Waals surface area contributed by atoms with E-state index < -0.39 is 0 Å². The van der Waals surface area contributed by atoms with Gasteiger partial charge in [-0.2, -0.15) is 5.26 Å². The van der Waals surface area contributed by atoms with Crippen molar-refractivity contribution in [3.05, 3.63) is 28.7 Å². The molecule has 6 heteroatoms.